The second-order valence-electron chi connectivity index (χ2n) is 5.40. The Bertz CT molecular complexity index is 673. The molecule has 120 valence electrons. The Hall–Kier alpha value is -1.37. The van der Waals surface area contributed by atoms with E-state index in [1.807, 2.05) is 12.1 Å². The zero-order valence-corrected chi connectivity index (χ0v) is 13.9. The van der Waals surface area contributed by atoms with Crippen molar-refractivity contribution in [3.63, 3.8) is 0 Å². The quantitative estimate of drug-likeness (QED) is 0.850. The maximum absolute atomic E-state index is 12.2. The van der Waals surface area contributed by atoms with Gasteiger partial charge in [-0.2, -0.15) is 0 Å². The highest BCUT2D eigenvalue weighted by atomic mass is 35.5. The minimum atomic E-state index is -3.25. The van der Waals surface area contributed by atoms with Crippen LogP contribution in [0.15, 0.2) is 30.3 Å². The molecule has 1 aliphatic heterocycles. The molecule has 0 saturated carbocycles. The minimum Gasteiger partial charge on any atom is -0.338 e. The zero-order chi connectivity index (χ0) is 16.2. The molecule has 1 atom stereocenters. The van der Waals surface area contributed by atoms with Crippen molar-refractivity contribution in [1.82, 2.24) is 9.62 Å². The lowest BCUT2D eigenvalue weighted by atomic mass is 10.1. The van der Waals surface area contributed by atoms with Gasteiger partial charge in [0.1, 0.15) is 0 Å². The Kier molecular flexibility index (Phi) is 5.61. The lowest BCUT2D eigenvalue weighted by Gasteiger charge is -2.32. The van der Waals surface area contributed by atoms with Crippen molar-refractivity contribution < 1.29 is 13.2 Å². The molecule has 0 aliphatic carbocycles. The number of hydrogen-bond acceptors (Lipinski definition) is 3. The zero-order valence-electron chi connectivity index (χ0n) is 12.3. The number of nitrogens with one attached hydrogen (secondary N) is 1. The third kappa shape index (κ3) is 5.44. The number of carbonyl (C=O) groups is 1. The molecule has 1 heterocycles. The maximum Gasteiger partial charge on any atom is 0.246 e. The Balaban J connectivity index is 1.97. The van der Waals surface area contributed by atoms with Crippen molar-refractivity contribution in [3.8, 4) is 0 Å². The van der Waals surface area contributed by atoms with Crippen LogP contribution in [0.2, 0.25) is 5.02 Å². The SMILES string of the molecule is CS(=O)(=O)NC1CCCN(C(=O)/C=C/c2cccc(Cl)c2)C1. The van der Waals surface area contributed by atoms with Crippen molar-refractivity contribution in [1.29, 1.82) is 0 Å². The van der Waals surface area contributed by atoms with E-state index in [0.29, 0.717) is 18.1 Å². The second kappa shape index (κ2) is 7.26. The fraction of sp³-hybridized carbons (Fsp3) is 0.400. The highest BCUT2D eigenvalue weighted by Crippen LogP contribution is 2.14. The Morgan fingerprint density at radius 3 is 2.91 bits per heavy atom. The predicted octanol–water partition coefficient (Wildman–Crippen LogP) is 1.89. The molecule has 1 N–H and O–H groups in total. The Labute approximate surface area is 136 Å². The molecule has 1 aromatic rings. The molecule has 0 spiro atoms. The summed E-state index contributed by atoms with van der Waals surface area (Å²) in [6.07, 6.45) is 5.86. The van der Waals surface area contributed by atoms with Crippen LogP contribution in [0.1, 0.15) is 18.4 Å². The summed E-state index contributed by atoms with van der Waals surface area (Å²) in [7, 11) is -3.25. The first-order valence-electron chi connectivity index (χ1n) is 7.03. The summed E-state index contributed by atoms with van der Waals surface area (Å²) < 4.78 is 25.1. The molecule has 1 unspecified atom stereocenters. The molecule has 0 radical (unpaired) electrons. The predicted molar refractivity (Wildman–Crippen MR) is 88.1 cm³/mol. The lowest BCUT2D eigenvalue weighted by Crippen LogP contribution is -2.48. The van der Waals surface area contributed by atoms with Crippen LogP contribution >= 0.6 is 11.6 Å². The summed E-state index contributed by atoms with van der Waals surface area (Å²) in [4.78, 5) is 13.9. The summed E-state index contributed by atoms with van der Waals surface area (Å²) in [5.41, 5.74) is 0.851. The number of nitrogens with zero attached hydrogens (tertiary/aromatic N) is 1. The van der Waals surface area contributed by atoms with Gasteiger partial charge in [-0.1, -0.05) is 23.7 Å². The molecule has 1 amide bonds. The van der Waals surface area contributed by atoms with Gasteiger partial charge in [0.05, 0.1) is 6.26 Å². The molecule has 0 bridgehead atoms. The van der Waals surface area contributed by atoms with Crippen molar-refractivity contribution in [2.24, 2.45) is 0 Å². The number of benzene rings is 1. The number of likely N-dealkylation sites (tertiary alicyclic amines) is 1. The monoisotopic (exact) mass is 342 g/mol. The minimum absolute atomic E-state index is 0.125. The largest absolute Gasteiger partial charge is 0.338 e. The van der Waals surface area contributed by atoms with Crippen LogP contribution in [0.25, 0.3) is 6.08 Å². The summed E-state index contributed by atoms with van der Waals surface area (Å²) in [6, 6.07) is 7.01. The third-order valence-electron chi connectivity index (χ3n) is 3.38. The van der Waals surface area contributed by atoms with Gasteiger partial charge in [-0.3, -0.25) is 4.79 Å². The number of carbonyl (C=O) groups excluding carboxylic acids is 1. The molecule has 0 aromatic heterocycles. The smallest absolute Gasteiger partial charge is 0.246 e. The number of amides is 1. The topological polar surface area (TPSA) is 66.5 Å². The van der Waals surface area contributed by atoms with Gasteiger partial charge >= 0.3 is 0 Å². The van der Waals surface area contributed by atoms with E-state index in [4.69, 9.17) is 11.6 Å². The fourth-order valence-electron chi connectivity index (χ4n) is 2.46. The van der Waals surface area contributed by atoms with Gasteiger partial charge in [-0.25, -0.2) is 13.1 Å². The molecule has 2 rings (SSSR count). The molecular formula is C15H19ClN2O3S. The number of halogens is 1. The van der Waals surface area contributed by atoms with E-state index in [0.717, 1.165) is 24.7 Å². The van der Waals surface area contributed by atoms with E-state index >= 15 is 0 Å². The first-order valence-corrected chi connectivity index (χ1v) is 9.30. The molecule has 1 aromatic carbocycles. The number of rotatable bonds is 4. The van der Waals surface area contributed by atoms with Crippen molar-refractivity contribution in [2.45, 2.75) is 18.9 Å². The molecule has 5 nitrogen and oxygen atoms in total. The van der Waals surface area contributed by atoms with E-state index in [-0.39, 0.29) is 11.9 Å². The first kappa shape index (κ1) is 17.0. The van der Waals surface area contributed by atoms with Crippen LogP contribution in [-0.4, -0.2) is 44.6 Å². The molecule has 1 saturated heterocycles. The van der Waals surface area contributed by atoms with Crippen LogP contribution in [0.5, 0.6) is 0 Å². The Morgan fingerprint density at radius 1 is 1.45 bits per heavy atom. The van der Waals surface area contributed by atoms with Crippen LogP contribution < -0.4 is 4.72 Å². The number of sulfonamides is 1. The van der Waals surface area contributed by atoms with Gasteiger partial charge in [0, 0.05) is 30.2 Å². The normalized spacial score (nSPS) is 19.5. The highest BCUT2D eigenvalue weighted by Gasteiger charge is 2.24. The fourth-order valence-corrected chi connectivity index (χ4v) is 3.46. The molecule has 1 aliphatic rings. The van der Waals surface area contributed by atoms with Gasteiger partial charge < -0.3 is 4.90 Å². The van der Waals surface area contributed by atoms with Crippen LogP contribution in [0, 0.1) is 0 Å². The van der Waals surface area contributed by atoms with Crippen LogP contribution in [0.3, 0.4) is 0 Å². The average molecular weight is 343 g/mol. The number of piperidine rings is 1. The Morgan fingerprint density at radius 2 is 2.23 bits per heavy atom. The molecule has 22 heavy (non-hydrogen) atoms. The highest BCUT2D eigenvalue weighted by molar-refractivity contribution is 7.88. The first-order chi connectivity index (χ1) is 10.3. The summed E-state index contributed by atoms with van der Waals surface area (Å²) >= 11 is 5.90. The van der Waals surface area contributed by atoms with E-state index in [2.05, 4.69) is 4.72 Å². The van der Waals surface area contributed by atoms with Crippen molar-refractivity contribution in [2.75, 3.05) is 19.3 Å². The lowest BCUT2D eigenvalue weighted by molar-refractivity contribution is -0.127. The maximum atomic E-state index is 12.2. The van der Waals surface area contributed by atoms with Gasteiger partial charge in [0.25, 0.3) is 0 Å². The van der Waals surface area contributed by atoms with Gasteiger partial charge in [0.2, 0.25) is 15.9 Å². The summed E-state index contributed by atoms with van der Waals surface area (Å²) in [5.74, 6) is -0.125. The van der Waals surface area contributed by atoms with Gasteiger partial charge in [0.15, 0.2) is 0 Å². The second-order valence-corrected chi connectivity index (χ2v) is 7.62. The van der Waals surface area contributed by atoms with E-state index in [1.165, 1.54) is 6.08 Å². The van der Waals surface area contributed by atoms with Crippen LogP contribution in [-0.2, 0) is 14.8 Å². The standard InChI is InChI=1S/C15H19ClN2O3S/c1-22(20,21)17-14-6-3-9-18(11-14)15(19)8-7-12-4-2-5-13(16)10-12/h2,4-5,7-8,10,14,17H,3,6,9,11H2,1H3/b8-7+. The average Bonchev–Trinajstić information content (AvgIpc) is 2.43. The molecule has 7 heteroatoms. The van der Waals surface area contributed by atoms with E-state index in [9.17, 15) is 13.2 Å². The number of hydrogen-bond donors (Lipinski definition) is 1. The van der Waals surface area contributed by atoms with E-state index in [1.54, 1.807) is 23.1 Å². The third-order valence-corrected chi connectivity index (χ3v) is 4.38. The van der Waals surface area contributed by atoms with Crippen molar-refractivity contribution in [3.05, 3.63) is 40.9 Å². The molecular weight excluding hydrogens is 324 g/mol. The van der Waals surface area contributed by atoms with E-state index < -0.39 is 10.0 Å². The van der Waals surface area contributed by atoms with Gasteiger partial charge in [-0.15, -0.1) is 0 Å². The molecule has 1 fully saturated rings. The summed E-state index contributed by atoms with van der Waals surface area (Å²) in [5, 5.41) is 0.616. The summed E-state index contributed by atoms with van der Waals surface area (Å²) in [6.45, 7) is 1.03. The van der Waals surface area contributed by atoms with Gasteiger partial charge in [-0.05, 0) is 36.6 Å². The van der Waals surface area contributed by atoms with Crippen molar-refractivity contribution >= 4 is 33.6 Å². The van der Waals surface area contributed by atoms with Crippen LogP contribution in [0.4, 0.5) is 0 Å².